The zero-order valence-electron chi connectivity index (χ0n) is 13.2. The van der Waals surface area contributed by atoms with Gasteiger partial charge in [-0.1, -0.05) is 23.7 Å². The number of nitrogens with one attached hydrogen (secondary N) is 1. The first-order valence-electron chi connectivity index (χ1n) is 7.21. The molecule has 1 N–H and O–H groups in total. The van der Waals surface area contributed by atoms with Crippen molar-refractivity contribution < 1.29 is 9.53 Å². The summed E-state index contributed by atoms with van der Waals surface area (Å²) in [6, 6.07) is 10.7. The lowest BCUT2D eigenvalue weighted by molar-refractivity contribution is 0.102. The third-order valence-corrected chi connectivity index (χ3v) is 3.73. The lowest BCUT2D eigenvalue weighted by Gasteiger charge is -2.05. The largest absolute Gasteiger partial charge is 0.481 e. The van der Waals surface area contributed by atoms with Gasteiger partial charge in [-0.15, -0.1) is 0 Å². The highest BCUT2D eigenvalue weighted by Crippen LogP contribution is 2.21. The van der Waals surface area contributed by atoms with Crippen molar-refractivity contribution in [3.05, 3.63) is 65.1 Å². The van der Waals surface area contributed by atoms with Gasteiger partial charge in [0.15, 0.2) is 5.69 Å². The van der Waals surface area contributed by atoms with Crippen molar-refractivity contribution in [2.45, 2.75) is 6.92 Å². The van der Waals surface area contributed by atoms with Crippen molar-refractivity contribution in [2.24, 2.45) is 0 Å². The van der Waals surface area contributed by atoms with E-state index in [0.717, 1.165) is 5.56 Å². The number of nitrogens with zero attached hydrogens (tertiary/aromatic N) is 3. The highest BCUT2D eigenvalue weighted by molar-refractivity contribution is 6.32. The van der Waals surface area contributed by atoms with E-state index < -0.39 is 0 Å². The van der Waals surface area contributed by atoms with Gasteiger partial charge in [-0.3, -0.25) is 4.79 Å². The van der Waals surface area contributed by atoms with Crippen LogP contribution < -0.4 is 10.1 Å². The summed E-state index contributed by atoms with van der Waals surface area (Å²) >= 11 is 6.18. The number of amides is 1. The van der Waals surface area contributed by atoms with E-state index >= 15 is 0 Å². The molecule has 0 unspecified atom stereocenters. The van der Waals surface area contributed by atoms with Crippen molar-refractivity contribution in [1.82, 2.24) is 14.8 Å². The van der Waals surface area contributed by atoms with Crippen LogP contribution in [0.4, 0.5) is 5.69 Å². The fourth-order valence-corrected chi connectivity index (χ4v) is 2.43. The lowest BCUT2D eigenvalue weighted by atomic mass is 10.2. The molecule has 0 radical (unpaired) electrons. The minimum absolute atomic E-state index is 0.315. The number of rotatable bonds is 4. The Morgan fingerprint density at radius 3 is 2.71 bits per heavy atom. The van der Waals surface area contributed by atoms with Gasteiger partial charge in [0, 0.05) is 17.8 Å². The Labute approximate surface area is 144 Å². The monoisotopic (exact) mass is 342 g/mol. The van der Waals surface area contributed by atoms with Crippen molar-refractivity contribution in [2.75, 3.05) is 12.4 Å². The van der Waals surface area contributed by atoms with Crippen LogP contribution in [0.3, 0.4) is 0 Å². The fraction of sp³-hybridized carbons (Fsp3) is 0.118. The normalized spacial score (nSPS) is 10.5. The number of anilines is 1. The first-order chi connectivity index (χ1) is 11.6. The third-order valence-electron chi connectivity index (χ3n) is 3.41. The highest BCUT2D eigenvalue weighted by atomic mass is 35.5. The number of hydrogen-bond donors (Lipinski definition) is 1. The average molecular weight is 343 g/mol. The maximum absolute atomic E-state index is 12.4. The summed E-state index contributed by atoms with van der Waals surface area (Å²) in [5.74, 6) is 0.164. The second-order valence-corrected chi connectivity index (χ2v) is 5.51. The molecule has 0 saturated heterocycles. The Morgan fingerprint density at radius 2 is 2.04 bits per heavy atom. The molecule has 0 aliphatic rings. The van der Waals surface area contributed by atoms with Crippen LogP contribution in [0, 0.1) is 6.92 Å². The molecule has 3 aromatic rings. The first kappa shape index (κ1) is 16.0. The fourth-order valence-electron chi connectivity index (χ4n) is 2.21. The van der Waals surface area contributed by atoms with Crippen LogP contribution in [0.5, 0.6) is 5.88 Å². The quantitative estimate of drug-likeness (QED) is 0.788. The topological polar surface area (TPSA) is 69.0 Å². The Balaban J connectivity index is 1.84. The van der Waals surface area contributed by atoms with E-state index in [-0.39, 0.29) is 5.91 Å². The molecule has 0 fully saturated rings. The Hall–Kier alpha value is -2.86. The zero-order valence-corrected chi connectivity index (χ0v) is 13.9. The summed E-state index contributed by atoms with van der Waals surface area (Å²) in [7, 11) is 1.53. The van der Waals surface area contributed by atoms with E-state index in [1.54, 1.807) is 29.1 Å². The summed E-state index contributed by atoms with van der Waals surface area (Å²) in [6.07, 6.45) is 3.29. The molecule has 2 heterocycles. The number of benzene rings is 1. The number of halogens is 1. The summed E-state index contributed by atoms with van der Waals surface area (Å²) < 4.78 is 6.59. The van der Waals surface area contributed by atoms with Gasteiger partial charge in [0.05, 0.1) is 29.7 Å². The summed E-state index contributed by atoms with van der Waals surface area (Å²) in [5, 5.41) is 7.67. The van der Waals surface area contributed by atoms with Crippen LogP contribution in [0.15, 0.2) is 48.8 Å². The second-order valence-electron chi connectivity index (χ2n) is 5.10. The van der Waals surface area contributed by atoms with Crippen molar-refractivity contribution in [3.63, 3.8) is 0 Å². The SMILES string of the molecule is COc1ccc(NC(=O)c2nn(-c3ccccc3Cl)cc2C)cn1. The summed E-state index contributed by atoms with van der Waals surface area (Å²) in [6.45, 7) is 1.82. The van der Waals surface area contributed by atoms with Crippen LogP contribution in [0.2, 0.25) is 5.02 Å². The van der Waals surface area contributed by atoms with Crippen molar-refractivity contribution in [1.29, 1.82) is 0 Å². The van der Waals surface area contributed by atoms with E-state index in [9.17, 15) is 4.79 Å². The van der Waals surface area contributed by atoms with E-state index in [0.29, 0.717) is 28.0 Å². The Kier molecular flexibility index (Phi) is 4.48. The van der Waals surface area contributed by atoms with Crippen LogP contribution in [-0.4, -0.2) is 27.8 Å². The summed E-state index contributed by atoms with van der Waals surface area (Å²) in [4.78, 5) is 16.5. The van der Waals surface area contributed by atoms with Gasteiger partial charge in [0.2, 0.25) is 5.88 Å². The Bertz CT molecular complexity index is 875. The zero-order chi connectivity index (χ0) is 17.1. The molecule has 2 aromatic heterocycles. The van der Waals surface area contributed by atoms with Gasteiger partial charge in [-0.25, -0.2) is 9.67 Å². The van der Waals surface area contributed by atoms with Crippen LogP contribution in [0.1, 0.15) is 16.1 Å². The standard InChI is InChI=1S/C17H15ClN4O2/c1-11-10-22(14-6-4-3-5-13(14)18)21-16(11)17(23)20-12-7-8-15(24-2)19-9-12/h3-10H,1-2H3,(H,20,23). The van der Waals surface area contributed by atoms with Gasteiger partial charge >= 0.3 is 0 Å². The molecule has 0 saturated carbocycles. The van der Waals surface area contributed by atoms with Gasteiger partial charge in [-0.05, 0) is 25.1 Å². The van der Waals surface area contributed by atoms with Gasteiger partial charge in [0.25, 0.3) is 5.91 Å². The number of carbonyl (C=O) groups is 1. The minimum atomic E-state index is -0.315. The molecule has 0 aliphatic heterocycles. The lowest BCUT2D eigenvalue weighted by Crippen LogP contribution is -2.14. The molecule has 6 nitrogen and oxygen atoms in total. The number of aromatic nitrogens is 3. The maximum atomic E-state index is 12.4. The van der Waals surface area contributed by atoms with Crippen molar-refractivity contribution in [3.8, 4) is 11.6 Å². The number of pyridine rings is 1. The average Bonchev–Trinajstić information content (AvgIpc) is 2.97. The molecule has 1 amide bonds. The number of para-hydroxylation sites is 1. The maximum Gasteiger partial charge on any atom is 0.276 e. The minimum Gasteiger partial charge on any atom is -0.481 e. The number of hydrogen-bond acceptors (Lipinski definition) is 4. The first-order valence-corrected chi connectivity index (χ1v) is 7.59. The molecular weight excluding hydrogens is 328 g/mol. The van der Waals surface area contributed by atoms with E-state index in [1.165, 1.54) is 13.3 Å². The van der Waals surface area contributed by atoms with Gasteiger partial charge in [-0.2, -0.15) is 5.10 Å². The molecule has 0 atom stereocenters. The molecule has 122 valence electrons. The van der Waals surface area contributed by atoms with Crippen molar-refractivity contribution >= 4 is 23.2 Å². The van der Waals surface area contributed by atoms with Crippen LogP contribution in [-0.2, 0) is 0 Å². The van der Waals surface area contributed by atoms with E-state index in [1.807, 2.05) is 25.1 Å². The second kappa shape index (κ2) is 6.72. The predicted octanol–water partition coefficient (Wildman–Crippen LogP) is 3.49. The number of carbonyl (C=O) groups excluding carboxylic acids is 1. The molecule has 24 heavy (non-hydrogen) atoms. The van der Waals surface area contributed by atoms with Gasteiger partial charge < -0.3 is 10.1 Å². The van der Waals surface area contributed by atoms with E-state index in [2.05, 4.69) is 15.4 Å². The summed E-state index contributed by atoms with van der Waals surface area (Å²) in [5.41, 5.74) is 2.35. The van der Waals surface area contributed by atoms with Crippen LogP contribution >= 0.6 is 11.6 Å². The molecule has 7 heteroatoms. The number of methoxy groups -OCH3 is 1. The molecule has 0 bridgehead atoms. The Morgan fingerprint density at radius 1 is 1.25 bits per heavy atom. The molecular formula is C17H15ClN4O2. The molecule has 3 rings (SSSR count). The molecule has 0 aliphatic carbocycles. The molecule has 0 spiro atoms. The van der Waals surface area contributed by atoms with Gasteiger partial charge in [0.1, 0.15) is 0 Å². The smallest absolute Gasteiger partial charge is 0.276 e. The third kappa shape index (κ3) is 3.23. The predicted molar refractivity (Wildman–Crippen MR) is 92.1 cm³/mol. The van der Waals surface area contributed by atoms with Crippen LogP contribution in [0.25, 0.3) is 5.69 Å². The number of ether oxygens (including phenoxy) is 1. The molecule has 1 aromatic carbocycles. The number of aryl methyl sites for hydroxylation is 1. The highest BCUT2D eigenvalue weighted by Gasteiger charge is 2.16. The van der Waals surface area contributed by atoms with E-state index in [4.69, 9.17) is 16.3 Å².